The average molecular weight is 297 g/mol. The van der Waals surface area contributed by atoms with Crippen molar-refractivity contribution in [3.63, 3.8) is 0 Å². The van der Waals surface area contributed by atoms with E-state index in [9.17, 15) is 9.59 Å². The Hall–Kier alpha value is -1.30. The lowest BCUT2D eigenvalue weighted by Gasteiger charge is -2.27. The van der Waals surface area contributed by atoms with Crippen LogP contribution in [0.1, 0.15) is 32.1 Å². The summed E-state index contributed by atoms with van der Waals surface area (Å²) >= 11 is 0. The zero-order valence-electron chi connectivity index (χ0n) is 12.9. The fourth-order valence-electron chi connectivity index (χ4n) is 3.21. The van der Waals surface area contributed by atoms with Crippen LogP contribution in [0.4, 0.5) is 4.79 Å². The molecule has 0 spiro atoms. The second kappa shape index (κ2) is 7.64. The number of nitrogens with one attached hydrogen (secondary N) is 1. The predicted octanol–water partition coefficient (Wildman–Crippen LogP) is 1.22. The molecule has 0 unspecified atom stereocenters. The highest BCUT2D eigenvalue weighted by molar-refractivity contribution is 5.74. The van der Waals surface area contributed by atoms with Gasteiger partial charge in [-0.2, -0.15) is 0 Å². The summed E-state index contributed by atoms with van der Waals surface area (Å²) < 4.78 is 0. The molecule has 6 heteroatoms. The number of urea groups is 1. The number of carboxylic acids is 1. The van der Waals surface area contributed by atoms with E-state index in [2.05, 4.69) is 17.3 Å². The van der Waals surface area contributed by atoms with Crippen LogP contribution in [0.5, 0.6) is 0 Å². The first-order valence-electron chi connectivity index (χ1n) is 8.00. The number of hydrogen-bond donors (Lipinski definition) is 2. The summed E-state index contributed by atoms with van der Waals surface area (Å²) in [4.78, 5) is 27.2. The second-order valence-corrected chi connectivity index (χ2v) is 6.39. The summed E-state index contributed by atoms with van der Waals surface area (Å²) in [6.45, 7) is 4.26. The van der Waals surface area contributed by atoms with Gasteiger partial charge in [0.15, 0.2) is 0 Å². The molecule has 0 aromatic carbocycles. The van der Waals surface area contributed by atoms with E-state index in [1.165, 1.54) is 0 Å². The third-order valence-electron chi connectivity index (χ3n) is 4.74. The van der Waals surface area contributed by atoms with Gasteiger partial charge in [0.1, 0.15) is 0 Å². The van der Waals surface area contributed by atoms with Gasteiger partial charge in [0.25, 0.3) is 0 Å². The van der Waals surface area contributed by atoms with Crippen LogP contribution in [0.3, 0.4) is 0 Å². The van der Waals surface area contributed by atoms with Crippen molar-refractivity contribution in [2.75, 3.05) is 39.8 Å². The molecule has 2 fully saturated rings. The molecule has 1 saturated carbocycles. The highest BCUT2D eigenvalue weighted by Crippen LogP contribution is 2.28. The van der Waals surface area contributed by atoms with Gasteiger partial charge in [-0.3, -0.25) is 4.79 Å². The first-order valence-corrected chi connectivity index (χ1v) is 8.00. The SMILES string of the molecule is CN1CCCN(C(=O)NCC2CCC(C(=O)O)CC2)CC1. The van der Waals surface area contributed by atoms with E-state index in [0.717, 1.165) is 58.3 Å². The first kappa shape index (κ1) is 16.1. The molecule has 1 heterocycles. The lowest BCUT2D eigenvalue weighted by atomic mass is 9.82. The maximum atomic E-state index is 12.2. The quantitative estimate of drug-likeness (QED) is 0.821. The fourth-order valence-corrected chi connectivity index (χ4v) is 3.21. The smallest absolute Gasteiger partial charge is 0.317 e. The average Bonchev–Trinajstić information content (AvgIpc) is 2.70. The van der Waals surface area contributed by atoms with Crippen molar-refractivity contribution in [3.05, 3.63) is 0 Å². The minimum atomic E-state index is -0.675. The number of aliphatic carboxylic acids is 1. The van der Waals surface area contributed by atoms with Crippen LogP contribution in [-0.2, 0) is 4.79 Å². The van der Waals surface area contributed by atoms with E-state index >= 15 is 0 Å². The Kier molecular flexibility index (Phi) is 5.85. The van der Waals surface area contributed by atoms with E-state index in [1.807, 2.05) is 4.90 Å². The number of rotatable bonds is 3. The Morgan fingerprint density at radius 1 is 1.10 bits per heavy atom. The van der Waals surface area contributed by atoms with Crippen molar-refractivity contribution < 1.29 is 14.7 Å². The number of carboxylic acid groups (broad SMARTS) is 1. The summed E-state index contributed by atoms with van der Waals surface area (Å²) in [5.41, 5.74) is 0. The van der Waals surface area contributed by atoms with Crippen LogP contribution in [0.25, 0.3) is 0 Å². The summed E-state index contributed by atoms with van der Waals surface area (Å²) in [5, 5.41) is 12.0. The molecule has 6 nitrogen and oxygen atoms in total. The maximum Gasteiger partial charge on any atom is 0.317 e. The Morgan fingerprint density at radius 2 is 1.81 bits per heavy atom. The third-order valence-corrected chi connectivity index (χ3v) is 4.74. The number of amides is 2. The number of carbonyl (C=O) groups excluding carboxylic acids is 1. The third kappa shape index (κ3) is 4.88. The van der Waals surface area contributed by atoms with Gasteiger partial charge < -0.3 is 20.2 Å². The molecule has 0 radical (unpaired) electrons. The monoisotopic (exact) mass is 297 g/mol. The van der Waals surface area contributed by atoms with E-state index in [-0.39, 0.29) is 11.9 Å². The molecule has 0 atom stereocenters. The summed E-state index contributed by atoms with van der Waals surface area (Å²) in [6, 6.07) is 0.0330. The first-order chi connectivity index (χ1) is 10.1. The van der Waals surface area contributed by atoms with E-state index in [4.69, 9.17) is 5.11 Å². The van der Waals surface area contributed by atoms with Crippen LogP contribution in [0, 0.1) is 11.8 Å². The second-order valence-electron chi connectivity index (χ2n) is 6.39. The minimum absolute atomic E-state index is 0.0330. The Labute approximate surface area is 126 Å². The van der Waals surface area contributed by atoms with Crippen molar-refractivity contribution in [3.8, 4) is 0 Å². The lowest BCUT2D eigenvalue weighted by molar-refractivity contribution is -0.143. The zero-order valence-corrected chi connectivity index (χ0v) is 12.9. The van der Waals surface area contributed by atoms with Crippen molar-refractivity contribution in [2.24, 2.45) is 11.8 Å². The molecule has 2 rings (SSSR count). The minimum Gasteiger partial charge on any atom is -0.481 e. The molecule has 0 bridgehead atoms. The van der Waals surface area contributed by atoms with Crippen LogP contribution in [-0.4, -0.2) is 66.7 Å². The number of likely N-dealkylation sites (N-methyl/N-ethyl adjacent to an activating group) is 1. The molecule has 2 N–H and O–H groups in total. The molecule has 0 aromatic heterocycles. The predicted molar refractivity (Wildman–Crippen MR) is 80.2 cm³/mol. The molecule has 120 valence electrons. The van der Waals surface area contributed by atoms with Gasteiger partial charge in [-0.25, -0.2) is 4.79 Å². The number of nitrogens with zero attached hydrogens (tertiary/aromatic N) is 2. The molecule has 2 amide bonds. The Morgan fingerprint density at radius 3 is 2.48 bits per heavy atom. The zero-order chi connectivity index (χ0) is 15.2. The van der Waals surface area contributed by atoms with Crippen molar-refractivity contribution in [1.82, 2.24) is 15.1 Å². The summed E-state index contributed by atoms with van der Waals surface area (Å²) in [6.07, 6.45) is 4.31. The topological polar surface area (TPSA) is 72.9 Å². The van der Waals surface area contributed by atoms with Crippen molar-refractivity contribution in [1.29, 1.82) is 0 Å². The van der Waals surface area contributed by atoms with E-state index in [1.54, 1.807) is 0 Å². The maximum absolute atomic E-state index is 12.2. The van der Waals surface area contributed by atoms with E-state index < -0.39 is 5.97 Å². The van der Waals surface area contributed by atoms with Crippen LogP contribution in [0.2, 0.25) is 0 Å². The van der Waals surface area contributed by atoms with Gasteiger partial charge in [0.05, 0.1) is 5.92 Å². The molecule has 2 aliphatic rings. The standard InChI is InChI=1S/C15H27N3O3/c1-17-7-2-8-18(10-9-17)15(21)16-11-12-3-5-13(6-4-12)14(19)20/h12-13H,2-11H2,1H3,(H,16,21)(H,19,20). The number of carbonyl (C=O) groups is 2. The normalized spacial score (nSPS) is 28.0. The van der Waals surface area contributed by atoms with Crippen LogP contribution >= 0.6 is 0 Å². The van der Waals surface area contributed by atoms with Crippen LogP contribution in [0.15, 0.2) is 0 Å². The molecule has 1 aliphatic heterocycles. The van der Waals surface area contributed by atoms with Gasteiger partial charge in [-0.15, -0.1) is 0 Å². The Bertz CT molecular complexity index is 367. The van der Waals surface area contributed by atoms with Gasteiger partial charge in [0, 0.05) is 26.2 Å². The highest BCUT2D eigenvalue weighted by Gasteiger charge is 2.26. The summed E-state index contributed by atoms with van der Waals surface area (Å²) in [5.74, 6) is -0.427. The van der Waals surface area contributed by atoms with Crippen molar-refractivity contribution in [2.45, 2.75) is 32.1 Å². The molecule has 1 saturated heterocycles. The largest absolute Gasteiger partial charge is 0.481 e. The lowest BCUT2D eigenvalue weighted by Crippen LogP contribution is -2.43. The van der Waals surface area contributed by atoms with Gasteiger partial charge in [-0.1, -0.05) is 0 Å². The van der Waals surface area contributed by atoms with Gasteiger partial charge in [-0.05, 0) is 51.6 Å². The fraction of sp³-hybridized carbons (Fsp3) is 0.867. The molecule has 0 aromatic rings. The molecular weight excluding hydrogens is 270 g/mol. The van der Waals surface area contributed by atoms with Gasteiger partial charge in [0.2, 0.25) is 0 Å². The summed E-state index contributed by atoms with van der Waals surface area (Å²) in [7, 11) is 2.09. The van der Waals surface area contributed by atoms with E-state index in [0.29, 0.717) is 12.5 Å². The van der Waals surface area contributed by atoms with Gasteiger partial charge >= 0.3 is 12.0 Å². The molecule has 21 heavy (non-hydrogen) atoms. The molecular formula is C15H27N3O3. The highest BCUT2D eigenvalue weighted by atomic mass is 16.4. The molecule has 1 aliphatic carbocycles. The van der Waals surface area contributed by atoms with Crippen molar-refractivity contribution >= 4 is 12.0 Å². The Balaban J connectivity index is 1.68. The van der Waals surface area contributed by atoms with Crippen LogP contribution < -0.4 is 5.32 Å². The number of hydrogen-bond acceptors (Lipinski definition) is 3.